The smallest absolute Gasteiger partial charge is 0.325 e. The van der Waals surface area contributed by atoms with Gasteiger partial charge in [0.2, 0.25) is 5.88 Å². The Balaban J connectivity index is 1.64. The lowest BCUT2D eigenvalue weighted by Gasteiger charge is -2.36. The quantitative estimate of drug-likeness (QED) is 0.450. The number of hydrogen-bond donors (Lipinski definition) is 1. The number of carbonyl (C=O) groups is 1. The molecular formula is C20H16BrF2N4O5S-. The number of carboxylic acids is 1. The van der Waals surface area contributed by atoms with Crippen LogP contribution in [0.1, 0.15) is 30.1 Å². The van der Waals surface area contributed by atoms with E-state index in [1.54, 1.807) is 0 Å². The molecule has 0 bridgehead atoms. The maximum Gasteiger partial charge on any atom is 0.325 e. The number of fused-ring (bicyclic) bond motifs is 1. The number of ether oxygens (including phenoxy) is 1. The molecule has 3 aromatic rings. The number of nitrogens with zero attached hydrogens (tertiary/aromatic N) is 4. The first kappa shape index (κ1) is 23.3. The van der Waals surface area contributed by atoms with Crippen LogP contribution in [0.3, 0.4) is 0 Å². The van der Waals surface area contributed by atoms with Crippen molar-refractivity contribution in [1.29, 1.82) is 0 Å². The van der Waals surface area contributed by atoms with E-state index >= 15 is 0 Å². The van der Waals surface area contributed by atoms with Crippen molar-refractivity contribution in [2.24, 2.45) is 0 Å². The minimum absolute atomic E-state index is 0.0156. The predicted octanol–water partition coefficient (Wildman–Crippen LogP) is 3.87. The van der Waals surface area contributed by atoms with Crippen molar-refractivity contribution in [3.05, 3.63) is 64.0 Å². The summed E-state index contributed by atoms with van der Waals surface area (Å²) in [5, 5.41) is 13.2. The van der Waals surface area contributed by atoms with Crippen LogP contribution in [0.2, 0.25) is 0 Å². The van der Waals surface area contributed by atoms with E-state index in [1.807, 2.05) is 0 Å². The molecule has 0 saturated carbocycles. The molecule has 0 spiro atoms. The van der Waals surface area contributed by atoms with Gasteiger partial charge in [-0.1, -0.05) is 0 Å². The molecule has 2 heterocycles. The van der Waals surface area contributed by atoms with Crippen molar-refractivity contribution in [3.8, 4) is 11.6 Å². The Morgan fingerprint density at radius 2 is 2.12 bits per heavy atom. The van der Waals surface area contributed by atoms with E-state index in [2.05, 4.69) is 26.0 Å². The molecular weight excluding hydrogens is 526 g/mol. The molecule has 0 radical (unpaired) electrons. The van der Waals surface area contributed by atoms with Crippen LogP contribution in [0.15, 0.2) is 41.1 Å². The summed E-state index contributed by atoms with van der Waals surface area (Å²) in [6, 6.07) is 3.90. The zero-order valence-corrected chi connectivity index (χ0v) is 19.2. The average molecular weight is 542 g/mol. The van der Waals surface area contributed by atoms with E-state index in [4.69, 9.17) is 9.84 Å². The summed E-state index contributed by atoms with van der Waals surface area (Å²) in [5.74, 6) is -3.10. The van der Waals surface area contributed by atoms with Gasteiger partial charge < -0.3 is 14.4 Å². The third-order valence-electron chi connectivity index (χ3n) is 5.11. The van der Waals surface area contributed by atoms with Gasteiger partial charge in [0.05, 0.1) is 28.6 Å². The normalized spacial score (nSPS) is 16.2. The lowest BCUT2D eigenvalue weighted by Crippen LogP contribution is -2.33. The fraction of sp³-hybridized carbons (Fsp3) is 0.250. The molecule has 13 heteroatoms. The lowest BCUT2D eigenvalue weighted by molar-refractivity contribution is -0.137. The van der Waals surface area contributed by atoms with Gasteiger partial charge in [-0.25, -0.2) is 13.8 Å². The second-order valence-electron chi connectivity index (χ2n) is 7.21. The third-order valence-corrected chi connectivity index (χ3v) is 6.47. The fourth-order valence-corrected chi connectivity index (χ4v) is 4.85. The molecule has 33 heavy (non-hydrogen) atoms. The van der Waals surface area contributed by atoms with E-state index in [9.17, 15) is 22.3 Å². The Morgan fingerprint density at radius 1 is 1.33 bits per heavy atom. The number of halogens is 3. The number of aromatic nitrogens is 3. The summed E-state index contributed by atoms with van der Waals surface area (Å²) in [5.41, 5.74) is 1.54. The number of hydrogen-bond acceptors (Lipinski definition) is 6. The molecule has 1 aliphatic rings. The SMILES string of the molecule is O=C(O)Cn1ncc2c1CCCC2N(c1cnc(Oc2ccc(F)c(F)c2)c(Br)c1)S(=O)[O-]. The average Bonchev–Trinajstić information content (AvgIpc) is 3.15. The number of rotatable bonds is 7. The van der Waals surface area contributed by atoms with Crippen LogP contribution in [-0.4, -0.2) is 34.6 Å². The fourth-order valence-electron chi connectivity index (χ4n) is 3.74. The van der Waals surface area contributed by atoms with Gasteiger partial charge >= 0.3 is 5.97 Å². The predicted molar refractivity (Wildman–Crippen MR) is 115 cm³/mol. The van der Waals surface area contributed by atoms with Crippen LogP contribution in [0, 0.1) is 11.6 Å². The Morgan fingerprint density at radius 3 is 2.79 bits per heavy atom. The zero-order chi connectivity index (χ0) is 23.7. The van der Waals surface area contributed by atoms with Gasteiger partial charge in [-0.15, -0.1) is 0 Å². The monoisotopic (exact) mass is 541 g/mol. The Labute approximate surface area is 197 Å². The number of aliphatic carboxylic acids is 1. The van der Waals surface area contributed by atoms with Gasteiger partial charge in [0, 0.05) is 28.6 Å². The summed E-state index contributed by atoms with van der Waals surface area (Å²) in [4.78, 5) is 15.2. The molecule has 1 aliphatic carbocycles. The molecule has 0 amide bonds. The highest BCUT2D eigenvalue weighted by molar-refractivity contribution is 9.10. The maximum atomic E-state index is 13.4. The lowest BCUT2D eigenvalue weighted by atomic mass is 9.92. The van der Waals surface area contributed by atoms with Crippen LogP contribution in [0.4, 0.5) is 14.5 Å². The molecule has 0 fully saturated rings. The minimum atomic E-state index is -2.68. The maximum absolute atomic E-state index is 13.4. The minimum Gasteiger partial charge on any atom is -0.755 e. The van der Waals surface area contributed by atoms with Gasteiger partial charge in [0.25, 0.3) is 0 Å². The zero-order valence-electron chi connectivity index (χ0n) is 16.8. The van der Waals surface area contributed by atoms with Crippen molar-refractivity contribution in [1.82, 2.24) is 14.8 Å². The highest BCUT2D eigenvalue weighted by Crippen LogP contribution is 2.39. The topological polar surface area (TPSA) is 121 Å². The number of pyridine rings is 1. The van der Waals surface area contributed by atoms with Crippen molar-refractivity contribution in [3.63, 3.8) is 0 Å². The number of carboxylic acid groups (broad SMARTS) is 1. The van der Waals surface area contributed by atoms with Gasteiger partial charge in [0.15, 0.2) is 11.6 Å². The van der Waals surface area contributed by atoms with Crippen LogP contribution >= 0.6 is 15.9 Å². The Hall–Kier alpha value is -2.90. The number of benzene rings is 1. The largest absolute Gasteiger partial charge is 0.755 e. The highest BCUT2D eigenvalue weighted by atomic mass is 79.9. The standard InChI is InChI=1S/C20H17BrF2N4O5S/c21-14-6-11(8-24-20(14)32-12-4-5-15(22)16(23)7-12)27(33(30)31)18-3-1-2-17-13(18)9-25-26(17)10-19(28)29/h4-9,18H,1-3,10H2,(H,28,29)(H,30,31)/p-1. The molecule has 2 atom stereocenters. The van der Waals surface area contributed by atoms with Gasteiger partial charge in [-0.3, -0.25) is 18.0 Å². The van der Waals surface area contributed by atoms with Crippen LogP contribution in [0.25, 0.3) is 0 Å². The van der Waals surface area contributed by atoms with Gasteiger partial charge in [-0.2, -0.15) is 5.10 Å². The molecule has 0 saturated heterocycles. The van der Waals surface area contributed by atoms with Crippen molar-refractivity contribution >= 4 is 38.9 Å². The molecule has 0 aliphatic heterocycles. The first-order valence-electron chi connectivity index (χ1n) is 9.68. The second kappa shape index (κ2) is 9.53. The van der Waals surface area contributed by atoms with E-state index in [0.717, 1.165) is 16.4 Å². The van der Waals surface area contributed by atoms with Crippen LogP contribution in [-0.2, 0) is 29.0 Å². The molecule has 1 aromatic carbocycles. The molecule has 4 rings (SSSR count). The molecule has 174 valence electrons. The van der Waals surface area contributed by atoms with Gasteiger partial charge in [0.1, 0.15) is 12.3 Å². The third kappa shape index (κ3) is 4.89. The molecule has 9 nitrogen and oxygen atoms in total. The van der Waals surface area contributed by atoms with Crippen LogP contribution < -0.4 is 9.04 Å². The van der Waals surface area contributed by atoms with E-state index in [-0.39, 0.29) is 28.3 Å². The van der Waals surface area contributed by atoms with Crippen molar-refractivity contribution in [2.75, 3.05) is 4.31 Å². The molecule has 1 N–H and O–H groups in total. The Kier molecular flexibility index (Phi) is 6.72. The highest BCUT2D eigenvalue weighted by Gasteiger charge is 2.31. The molecule has 2 unspecified atom stereocenters. The van der Waals surface area contributed by atoms with E-state index in [0.29, 0.717) is 30.5 Å². The van der Waals surface area contributed by atoms with Crippen molar-refractivity contribution in [2.45, 2.75) is 31.8 Å². The summed E-state index contributed by atoms with van der Waals surface area (Å²) in [7, 11) is 0. The number of anilines is 1. The van der Waals surface area contributed by atoms with E-state index < -0.39 is 34.9 Å². The van der Waals surface area contributed by atoms with Crippen LogP contribution in [0.5, 0.6) is 11.6 Å². The van der Waals surface area contributed by atoms with Gasteiger partial charge in [-0.05, 0) is 53.4 Å². The van der Waals surface area contributed by atoms with Crippen molar-refractivity contribution < 1.29 is 32.2 Å². The molecule has 2 aromatic heterocycles. The second-order valence-corrected chi connectivity index (χ2v) is 8.89. The summed E-state index contributed by atoms with van der Waals surface area (Å²) in [6.07, 6.45) is 4.51. The summed E-state index contributed by atoms with van der Waals surface area (Å²) < 4.78 is 59.2. The first-order valence-corrected chi connectivity index (χ1v) is 11.5. The summed E-state index contributed by atoms with van der Waals surface area (Å²) >= 11 is 0.595. The first-order chi connectivity index (χ1) is 15.7. The van der Waals surface area contributed by atoms with E-state index in [1.165, 1.54) is 29.2 Å². The summed E-state index contributed by atoms with van der Waals surface area (Å²) in [6.45, 7) is -0.314. The Bertz CT molecular complexity index is 1240.